The van der Waals surface area contributed by atoms with Gasteiger partial charge in [0.05, 0.1) is 66.1 Å². The van der Waals surface area contributed by atoms with Gasteiger partial charge in [-0.2, -0.15) is 0 Å². The van der Waals surface area contributed by atoms with E-state index in [0.717, 1.165) is 21.3 Å². The van der Waals surface area contributed by atoms with Gasteiger partial charge in [0.1, 0.15) is 24.7 Å². The van der Waals surface area contributed by atoms with Crippen LogP contribution in [0.15, 0.2) is 22.9 Å². The molecule has 0 saturated carbocycles. The van der Waals surface area contributed by atoms with Gasteiger partial charge in [0.15, 0.2) is 0 Å². The second-order valence-corrected chi connectivity index (χ2v) is 8.25. The van der Waals surface area contributed by atoms with E-state index >= 15 is 0 Å². The average Bonchev–Trinajstić information content (AvgIpc) is 3.46. The van der Waals surface area contributed by atoms with E-state index in [4.69, 9.17) is 37.9 Å². The molecule has 0 fully saturated rings. The first kappa shape index (κ1) is 27.0. The van der Waals surface area contributed by atoms with Crippen molar-refractivity contribution in [2.24, 2.45) is 0 Å². The number of ether oxygens (including phenoxy) is 8. The monoisotopic (exact) mass is 490 g/mol. The van der Waals surface area contributed by atoms with Gasteiger partial charge in [-0.3, -0.25) is 0 Å². The van der Waals surface area contributed by atoms with Crippen molar-refractivity contribution in [1.82, 2.24) is 0 Å². The molecule has 0 bridgehead atoms. The molecule has 10 heteroatoms. The molecule has 0 aliphatic carbocycles. The summed E-state index contributed by atoms with van der Waals surface area (Å²) in [4.78, 5) is 2.30. The Balaban J connectivity index is 1.53. The van der Waals surface area contributed by atoms with Crippen LogP contribution < -0.4 is 9.47 Å². The van der Waals surface area contributed by atoms with Crippen molar-refractivity contribution in [2.75, 3.05) is 93.5 Å². The van der Waals surface area contributed by atoms with Crippen molar-refractivity contribution < 1.29 is 37.9 Å². The second kappa shape index (κ2) is 18.2. The highest BCUT2D eigenvalue weighted by molar-refractivity contribution is 7.20. The Morgan fingerprint density at radius 3 is 1.22 bits per heavy atom. The Bertz CT molecular complexity index is 633. The van der Waals surface area contributed by atoms with E-state index in [-0.39, 0.29) is 0 Å². The van der Waals surface area contributed by atoms with Crippen LogP contribution in [0, 0.1) is 0 Å². The maximum atomic E-state index is 5.76. The van der Waals surface area contributed by atoms with E-state index in [1.165, 1.54) is 0 Å². The summed E-state index contributed by atoms with van der Waals surface area (Å²) in [7, 11) is 3.31. The molecule has 0 aliphatic heterocycles. The molecule has 2 aromatic rings. The summed E-state index contributed by atoms with van der Waals surface area (Å²) >= 11 is 3.30. The first-order valence-electron chi connectivity index (χ1n) is 10.6. The second-order valence-electron chi connectivity index (χ2n) is 6.43. The first-order chi connectivity index (χ1) is 15.8. The Hall–Kier alpha value is -1.24. The minimum absolute atomic E-state index is 0.504. The summed E-state index contributed by atoms with van der Waals surface area (Å²) in [6, 6.07) is 4.08. The number of thiophene rings is 2. The number of hydrogen-bond acceptors (Lipinski definition) is 10. The molecule has 0 unspecified atom stereocenters. The van der Waals surface area contributed by atoms with Crippen LogP contribution in [0.5, 0.6) is 11.5 Å². The lowest BCUT2D eigenvalue weighted by molar-refractivity contribution is 0.0180. The lowest BCUT2D eigenvalue weighted by atomic mass is 10.3. The van der Waals surface area contributed by atoms with E-state index in [0.29, 0.717) is 79.3 Å². The van der Waals surface area contributed by atoms with Crippen LogP contribution >= 0.6 is 22.7 Å². The zero-order chi connectivity index (χ0) is 22.7. The van der Waals surface area contributed by atoms with E-state index in [9.17, 15) is 0 Å². The minimum atomic E-state index is 0.504. The zero-order valence-corrected chi connectivity index (χ0v) is 20.5. The molecule has 0 radical (unpaired) electrons. The fourth-order valence-corrected chi connectivity index (χ4v) is 4.18. The van der Waals surface area contributed by atoms with Crippen molar-refractivity contribution in [2.45, 2.75) is 0 Å². The molecular formula is C22H34O8S2. The molecule has 0 aliphatic rings. The van der Waals surface area contributed by atoms with Crippen molar-refractivity contribution in [3.63, 3.8) is 0 Å². The predicted octanol–water partition coefficient (Wildman–Crippen LogP) is 3.59. The Morgan fingerprint density at radius 2 is 0.844 bits per heavy atom. The first-order valence-corrected chi connectivity index (χ1v) is 12.3. The molecule has 32 heavy (non-hydrogen) atoms. The van der Waals surface area contributed by atoms with Gasteiger partial charge < -0.3 is 37.9 Å². The fraction of sp³-hybridized carbons (Fsp3) is 0.636. The largest absolute Gasteiger partial charge is 0.490 e. The molecular weight excluding hydrogens is 456 g/mol. The van der Waals surface area contributed by atoms with Gasteiger partial charge in [-0.1, -0.05) is 0 Å². The third-order valence-electron chi connectivity index (χ3n) is 3.99. The average molecular weight is 491 g/mol. The van der Waals surface area contributed by atoms with E-state index < -0.39 is 0 Å². The molecule has 2 rings (SSSR count). The smallest absolute Gasteiger partial charge is 0.130 e. The van der Waals surface area contributed by atoms with Gasteiger partial charge in [0.2, 0.25) is 0 Å². The standard InChI is InChI=1S/C22H34O8S2/c1-23-3-5-25-7-9-27-11-13-29-19-15-21(31-17-19)22-16-20(18-32-22)30-14-12-28-10-8-26-6-4-24-2/h15-18H,3-14H2,1-2H3. The van der Waals surface area contributed by atoms with Crippen LogP contribution in [0.25, 0.3) is 9.75 Å². The van der Waals surface area contributed by atoms with Crippen LogP contribution in [-0.4, -0.2) is 93.5 Å². The summed E-state index contributed by atoms with van der Waals surface area (Å²) in [5.74, 6) is 1.70. The molecule has 0 aromatic carbocycles. The van der Waals surface area contributed by atoms with Gasteiger partial charge >= 0.3 is 0 Å². The normalized spacial score (nSPS) is 11.2. The molecule has 0 N–H and O–H groups in total. The molecule has 0 atom stereocenters. The Morgan fingerprint density at radius 1 is 0.500 bits per heavy atom. The lowest BCUT2D eigenvalue weighted by Gasteiger charge is -2.06. The number of rotatable bonds is 21. The van der Waals surface area contributed by atoms with Gasteiger partial charge in [-0.15, -0.1) is 22.7 Å². The molecule has 0 saturated heterocycles. The van der Waals surface area contributed by atoms with Gasteiger partial charge in [-0.05, 0) is 12.1 Å². The molecule has 0 spiro atoms. The maximum Gasteiger partial charge on any atom is 0.130 e. The molecule has 2 aromatic heterocycles. The molecule has 182 valence electrons. The number of hydrogen-bond donors (Lipinski definition) is 0. The quantitative estimate of drug-likeness (QED) is 0.246. The van der Waals surface area contributed by atoms with Gasteiger partial charge in [0, 0.05) is 34.7 Å². The third-order valence-corrected chi connectivity index (χ3v) is 6.01. The SMILES string of the molecule is COCCOCCOCCOc1csc(-c2cc(OCCOCCOCCOC)cs2)c1. The van der Waals surface area contributed by atoms with Crippen molar-refractivity contribution in [1.29, 1.82) is 0 Å². The topological polar surface area (TPSA) is 73.8 Å². The zero-order valence-electron chi connectivity index (χ0n) is 18.9. The van der Waals surface area contributed by atoms with Crippen LogP contribution in [-0.2, 0) is 28.4 Å². The van der Waals surface area contributed by atoms with Crippen LogP contribution in [0.4, 0.5) is 0 Å². The van der Waals surface area contributed by atoms with Crippen molar-refractivity contribution in [3.8, 4) is 21.3 Å². The summed E-state index contributed by atoms with van der Waals surface area (Å²) in [6.45, 7) is 6.65. The van der Waals surface area contributed by atoms with E-state index in [2.05, 4.69) is 0 Å². The molecule has 2 heterocycles. The highest BCUT2D eigenvalue weighted by Gasteiger charge is 2.08. The predicted molar refractivity (Wildman–Crippen MR) is 126 cm³/mol. The van der Waals surface area contributed by atoms with Crippen LogP contribution in [0.1, 0.15) is 0 Å². The molecule has 0 amide bonds. The summed E-state index contributed by atoms with van der Waals surface area (Å²) < 4.78 is 43.0. The maximum absolute atomic E-state index is 5.76. The van der Waals surface area contributed by atoms with Crippen molar-refractivity contribution >= 4 is 22.7 Å². The minimum Gasteiger partial charge on any atom is -0.490 e. The fourth-order valence-electron chi connectivity index (χ4n) is 2.41. The van der Waals surface area contributed by atoms with E-state index in [1.807, 2.05) is 22.9 Å². The summed E-state index contributed by atoms with van der Waals surface area (Å²) in [5, 5.41) is 4.01. The lowest BCUT2D eigenvalue weighted by Crippen LogP contribution is -2.12. The van der Waals surface area contributed by atoms with Gasteiger partial charge in [0.25, 0.3) is 0 Å². The van der Waals surface area contributed by atoms with Crippen molar-refractivity contribution in [3.05, 3.63) is 22.9 Å². The Labute approximate surface area is 198 Å². The Kier molecular flexibility index (Phi) is 15.4. The van der Waals surface area contributed by atoms with Crippen LogP contribution in [0.3, 0.4) is 0 Å². The molecule has 8 nitrogen and oxygen atoms in total. The summed E-state index contributed by atoms with van der Waals surface area (Å²) in [6.07, 6.45) is 0. The highest BCUT2D eigenvalue weighted by atomic mass is 32.1. The number of methoxy groups -OCH3 is 2. The van der Waals surface area contributed by atoms with Crippen LogP contribution in [0.2, 0.25) is 0 Å². The van der Waals surface area contributed by atoms with Gasteiger partial charge in [-0.25, -0.2) is 0 Å². The van der Waals surface area contributed by atoms with E-state index in [1.54, 1.807) is 36.9 Å². The summed E-state index contributed by atoms with van der Waals surface area (Å²) in [5.41, 5.74) is 0. The highest BCUT2D eigenvalue weighted by Crippen LogP contribution is 2.37. The third kappa shape index (κ3) is 12.1.